The number of carbonyl (C=O) groups excluding carboxylic acids is 1. The number of hydrogen-bond acceptors (Lipinski definition) is 5. The minimum atomic E-state index is -0.210. The molecule has 23 heavy (non-hydrogen) atoms. The van der Waals surface area contributed by atoms with Crippen LogP contribution in [0.15, 0.2) is 12.5 Å². The number of nitrogens with one attached hydrogen (secondary N) is 1. The summed E-state index contributed by atoms with van der Waals surface area (Å²) in [4.78, 5) is 19.1. The average molecular weight is 322 g/mol. The summed E-state index contributed by atoms with van der Waals surface area (Å²) in [6.45, 7) is 5.40. The molecular weight excluding hydrogens is 296 g/mol. The third-order valence-corrected chi connectivity index (χ3v) is 4.66. The van der Waals surface area contributed by atoms with Crippen LogP contribution >= 0.6 is 0 Å². The predicted octanol–water partition coefficient (Wildman–Crippen LogP) is 0.429. The molecule has 0 unspecified atom stereocenters. The summed E-state index contributed by atoms with van der Waals surface area (Å²) >= 11 is 0. The van der Waals surface area contributed by atoms with E-state index in [1.165, 1.54) is 0 Å². The lowest BCUT2D eigenvalue weighted by atomic mass is 9.98. The standard InChI is InChI=1S/C16H26N4O3/c1-22-7-4-18-16(21)15-11-19(9-13-2-5-23-6-3-13)10-14-8-17-12-20(14)15/h8,12-13,15H,2-7,9-11H2,1H3,(H,18,21)/t15-/m1/s1. The summed E-state index contributed by atoms with van der Waals surface area (Å²) in [6, 6.07) is -0.210. The Kier molecular flexibility index (Phi) is 5.64. The Labute approximate surface area is 137 Å². The number of fused-ring (bicyclic) bond motifs is 1. The minimum Gasteiger partial charge on any atom is -0.383 e. The molecule has 1 fully saturated rings. The maximum Gasteiger partial charge on any atom is 0.244 e. The molecule has 1 aromatic rings. The summed E-state index contributed by atoms with van der Waals surface area (Å²) < 4.78 is 12.4. The van der Waals surface area contributed by atoms with Gasteiger partial charge in [-0.25, -0.2) is 4.98 Å². The topological polar surface area (TPSA) is 68.6 Å². The molecule has 0 aliphatic carbocycles. The van der Waals surface area contributed by atoms with Gasteiger partial charge in [0.05, 0.1) is 18.6 Å². The number of rotatable bonds is 6. The summed E-state index contributed by atoms with van der Waals surface area (Å²) in [5, 5.41) is 2.95. The first-order chi connectivity index (χ1) is 11.3. The highest BCUT2D eigenvalue weighted by Gasteiger charge is 2.31. The van der Waals surface area contributed by atoms with Crippen molar-refractivity contribution in [1.29, 1.82) is 0 Å². The lowest BCUT2D eigenvalue weighted by Gasteiger charge is -2.36. The average Bonchev–Trinajstić information content (AvgIpc) is 3.03. The molecule has 0 radical (unpaired) electrons. The van der Waals surface area contributed by atoms with E-state index in [0.29, 0.717) is 19.1 Å². The maximum atomic E-state index is 12.5. The van der Waals surface area contributed by atoms with Crippen LogP contribution in [0.1, 0.15) is 24.6 Å². The molecule has 1 amide bonds. The molecule has 1 aromatic heterocycles. The van der Waals surface area contributed by atoms with Gasteiger partial charge in [-0.3, -0.25) is 9.69 Å². The fourth-order valence-electron chi connectivity index (χ4n) is 3.40. The molecule has 0 bridgehead atoms. The van der Waals surface area contributed by atoms with Gasteiger partial charge in [-0.2, -0.15) is 0 Å². The largest absolute Gasteiger partial charge is 0.383 e. The van der Waals surface area contributed by atoms with Gasteiger partial charge >= 0.3 is 0 Å². The summed E-state index contributed by atoms with van der Waals surface area (Å²) in [7, 11) is 1.64. The first-order valence-electron chi connectivity index (χ1n) is 8.35. The fraction of sp³-hybridized carbons (Fsp3) is 0.750. The number of ether oxygens (including phenoxy) is 2. The molecule has 3 heterocycles. The van der Waals surface area contributed by atoms with Crippen molar-refractivity contribution in [3.05, 3.63) is 18.2 Å². The summed E-state index contributed by atoms with van der Waals surface area (Å²) in [5.41, 5.74) is 1.11. The number of hydrogen-bond donors (Lipinski definition) is 1. The fourth-order valence-corrected chi connectivity index (χ4v) is 3.40. The Morgan fingerprint density at radius 3 is 3.09 bits per heavy atom. The van der Waals surface area contributed by atoms with E-state index < -0.39 is 0 Å². The van der Waals surface area contributed by atoms with Crippen LogP contribution in [0.25, 0.3) is 0 Å². The smallest absolute Gasteiger partial charge is 0.244 e. The number of methoxy groups -OCH3 is 1. The number of amides is 1. The van der Waals surface area contributed by atoms with E-state index in [-0.39, 0.29) is 11.9 Å². The number of carbonyl (C=O) groups is 1. The van der Waals surface area contributed by atoms with E-state index in [1.807, 2.05) is 10.8 Å². The van der Waals surface area contributed by atoms with Crippen LogP contribution in [0.3, 0.4) is 0 Å². The molecule has 0 spiro atoms. The third-order valence-electron chi connectivity index (χ3n) is 4.66. The zero-order chi connectivity index (χ0) is 16.1. The van der Waals surface area contributed by atoms with E-state index >= 15 is 0 Å². The van der Waals surface area contributed by atoms with E-state index in [2.05, 4.69) is 15.2 Å². The van der Waals surface area contributed by atoms with Crippen molar-refractivity contribution < 1.29 is 14.3 Å². The molecule has 128 valence electrons. The molecule has 1 N–H and O–H groups in total. The number of aromatic nitrogens is 2. The molecule has 3 rings (SSSR count). The Morgan fingerprint density at radius 2 is 2.30 bits per heavy atom. The lowest BCUT2D eigenvalue weighted by molar-refractivity contribution is -0.126. The van der Waals surface area contributed by atoms with Crippen molar-refractivity contribution in [3.63, 3.8) is 0 Å². The molecule has 1 atom stereocenters. The molecule has 7 nitrogen and oxygen atoms in total. The van der Waals surface area contributed by atoms with Crippen LogP contribution in [0.2, 0.25) is 0 Å². The monoisotopic (exact) mass is 322 g/mol. The molecule has 2 aliphatic rings. The van der Waals surface area contributed by atoms with Gasteiger partial charge in [0.1, 0.15) is 6.04 Å². The Balaban J connectivity index is 1.63. The highest BCUT2D eigenvalue weighted by molar-refractivity contribution is 5.80. The van der Waals surface area contributed by atoms with Gasteiger partial charge in [0.2, 0.25) is 5.91 Å². The second kappa shape index (κ2) is 7.90. The Morgan fingerprint density at radius 1 is 1.48 bits per heavy atom. The van der Waals surface area contributed by atoms with Crippen LogP contribution in [0.4, 0.5) is 0 Å². The number of nitrogens with zero attached hydrogens (tertiary/aromatic N) is 3. The van der Waals surface area contributed by atoms with Gasteiger partial charge in [-0.05, 0) is 18.8 Å². The highest BCUT2D eigenvalue weighted by atomic mass is 16.5. The summed E-state index contributed by atoms with van der Waals surface area (Å²) in [5.74, 6) is 0.702. The molecule has 1 saturated heterocycles. The lowest BCUT2D eigenvalue weighted by Crippen LogP contribution is -2.46. The molecule has 7 heteroatoms. The van der Waals surface area contributed by atoms with Crippen LogP contribution in [-0.4, -0.2) is 66.9 Å². The highest BCUT2D eigenvalue weighted by Crippen LogP contribution is 2.24. The van der Waals surface area contributed by atoms with E-state index in [4.69, 9.17) is 9.47 Å². The van der Waals surface area contributed by atoms with Gasteiger partial charge in [-0.15, -0.1) is 0 Å². The number of imidazole rings is 1. The second-order valence-electron chi connectivity index (χ2n) is 6.34. The zero-order valence-corrected chi connectivity index (χ0v) is 13.7. The normalized spacial score (nSPS) is 22.7. The molecular formula is C16H26N4O3. The van der Waals surface area contributed by atoms with Crippen molar-refractivity contribution in [3.8, 4) is 0 Å². The van der Waals surface area contributed by atoms with Gasteiger partial charge in [-0.1, -0.05) is 0 Å². The van der Waals surface area contributed by atoms with Crippen molar-refractivity contribution in [2.45, 2.75) is 25.4 Å². The van der Waals surface area contributed by atoms with Crippen molar-refractivity contribution in [2.24, 2.45) is 5.92 Å². The first-order valence-corrected chi connectivity index (χ1v) is 8.35. The van der Waals surface area contributed by atoms with Crippen LogP contribution in [-0.2, 0) is 20.8 Å². The quantitative estimate of drug-likeness (QED) is 0.769. The molecule has 0 saturated carbocycles. The predicted molar refractivity (Wildman–Crippen MR) is 85.0 cm³/mol. The SMILES string of the molecule is COCCNC(=O)[C@H]1CN(CC2CCOCC2)Cc2cncn21. The maximum absolute atomic E-state index is 12.5. The van der Waals surface area contributed by atoms with Crippen LogP contribution in [0, 0.1) is 5.92 Å². The van der Waals surface area contributed by atoms with Crippen LogP contribution in [0.5, 0.6) is 0 Å². The minimum absolute atomic E-state index is 0.0398. The van der Waals surface area contributed by atoms with Gasteiger partial charge in [0, 0.05) is 52.7 Å². The Bertz CT molecular complexity index is 513. The zero-order valence-electron chi connectivity index (χ0n) is 13.7. The molecule has 2 aliphatic heterocycles. The van der Waals surface area contributed by atoms with E-state index in [9.17, 15) is 4.79 Å². The Hall–Kier alpha value is -1.44. The van der Waals surface area contributed by atoms with Gasteiger partial charge < -0.3 is 19.4 Å². The van der Waals surface area contributed by atoms with Crippen molar-refractivity contribution >= 4 is 5.91 Å². The van der Waals surface area contributed by atoms with Gasteiger partial charge in [0.15, 0.2) is 0 Å². The molecule has 0 aromatic carbocycles. The van der Waals surface area contributed by atoms with E-state index in [1.54, 1.807) is 13.4 Å². The third kappa shape index (κ3) is 4.10. The summed E-state index contributed by atoms with van der Waals surface area (Å²) in [6.07, 6.45) is 5.86. The first kappa shape index (κ1) is 16.4. The van der Waals surface area contributed by atoms with Gasteiger partial charge in [0.25, 0.3) is 0 Å². The van der Waals surface area contributed by atoms with E-state index in [0.717, 1.165) is 51.4 Å². The van der Waals surface area contributed by atoms with Crippen molar-refractivity contribution in [2.75, 3.05) is 46.6 Å². The second-order valence-corrected chi connectivity index (χ2v) is 6.34. The van der Waals surface area contributed by atoms with Crippen LogP contribution < -0.4 is 5.32 Å². The van der Waals surface area contributed by atoms with Crippen molar-refractivity contribution in [1.82, 2.24) is 19.8 Å².